The molecule has 2 nitrogen and oxygen atoms in total. The van der Waals surface area contributed by atoms with Gasteiger partial charge < -0.3 is 4.90 Å². The zero-order valence-electron chi connectivity index (χ0n) is 12.7. The maximum Gasteiger partial charge on any atom is 0.101 e. The van der Waals surface area contributed by atoms with Gasteiger partial charge in [0.15, 0.2) is 0 Å². The number of nitrogens with zero attached hydrogens (tertiary/aromatic N) is 2. The number of hydrogen-bond acceptors (Lipinski definition) is 2. The predicted octanol–water partition coefficient (Wildman–Crippen LogP) is 5.13. The van der Waals surface area contributed by atoms with Crippen LogP contribution >= 0.6 is 0 Å². The lowest BCUT2D eigenvalue weighted by Gasteiger charge is -2.27. The summed E-state index contributed by atoms with van der Waals surface area (Å²) in [5.41, 5.74) is 6.60. The molecule has 0 N–H and O–H groups in total. The highest BCUT2D eigenvalue weighted by molar-refractivity contribution is 5.83. The Morgan fingerprint density at radius 1 is 0.652 bits per heavy atom. The second-order valence-electron chi connectivity index (χ2n) is 5.72. The van der Waals surface area contributed by atoms with E-state index in [0.29, 0.717) is 5.56 Å². The van der Waals surface area contributed by atoms with Crippen LogP contribution in [-0.4, -0.2) is 0 Å². The first-order valence-corrected chi connectivity index (χ1v) is 7.83. The quantitative estimate of drug-likeness (QED) is 0.622. The minimum Gasteiger partial charge on any atom is -0.309 e. The summed E-state index contributed by atoms with van der Waals surface area (Å²) in [5, 5.41) is 9.54. The number of benzene rings is 3. The van der Waals surface area contributed by atoms with Crippen molar-refractivity contribution in [2.75, 3.05) is 4.90 Å². The molecule has 0 saturated heterocycles. The van der Waals surface area contributed by atoms with Crippen molar-refractivity contribution in [2.45, 2.75) is 12.8 Å². The van der Waals surface area contributed by atoms with Crippen LogP contribution in [0.15, 0.2) is 72.8 Å². The fraction of sp³-hybridized carbons (Fsp3) is 0.0952. The minimum atomic E-state index is 0.694. The fourth-order valence-electron chi connectivity index (χ4n) is 3.30. The van der Waals surface area contributed by atoms with E-state index < -0.39 is 0 Å². The average molecular weight is 296 g/mol. The minimum absolute atomic E-state index is 0.694. The summed E-state index contributed by atoms with van der Waals surface area (Å²) in [5.74, 6) is 0. The lowest BCUT2D eigenvalue weighted by Crippen LogP contribution is -2.12. The summed E-state index contributed by atoms with van der Waals surface area (Å²) in [7, 11) is 0. The smallest absolute Gasteiger partial charge is 0.101 e. The molecule has 0 aliphatic carbocycles. The van der Waals surface area contributed by atoms with Gasteiger partial charge in [0.2, 0.25) is 0 Å². The second kappa shape index (κ2) is 5.62. The van der Waals surface area contributed by atoms with Gasteiger partial charge in [0.1, 0.15) is 6.07 Å². The number of nitriles is 1. The maximum absolute atomic E-state index is 9.54. The van der Waals surface area contributed by atoms with E-state index in [-0.39, 0.29) is 0 Å². The van der Waals surface area contributed by atoms with Crippen LogP contribution in [0, 0.1) is 11.3 Å². The first-order chi connectivity index (χ1) is 11.4. The molecule has 0 radical (unpaired) electrons. The van der Waals surface area contributed by atoms with Crippen LogP contribution in [0.4, 0.5) is 17.1 Å². The Kier molecular flexibility index (Phi) is 3.33. The molecule has 110 valence electrons. The summed E-state index contributed by atoms with van der Waals surface area (Å²) < 4.78 is 0. The number of rotatable bonds is 1. The monoisotopic (exact) mass is 296 g/mol. The van der Waals surface area contributed by atoms with Gasteiger partial charge in [0.05, 0.1) is 11.3 Å². The van der Waals surface area contributed by atoms with E-state index in [1.165, 1.54) is 22.5 Å². The van der Waals surface area contributed by atoms with E-state index in [2.05, 4.69) is 59.5 Å². The fourth-order valence-corrected chi connectivity index (χ4v) is 3.30. The van der Waals surface area contributed by atoms with E-state index in [4.69, 9.17) is 0 Å². The van der Waals surface area contributed by atoms with E-state index in [0.717, 1.165) is 18.5 Å². The van der Waals surface area contributed by atoms with Gasteiger partial charge in [-0.2, -0.15) is 5.26 Å². The largest absolute Gasteiger partial charge is 0.309 e. The van der Waals surface area contributed by atoms with Crippen LogP contribution in [0.5, 0.6) is 0 Å². The van der Waals surface area contributed by atoms with E-state index >= 15 is 0 Å². The van der Waals surface area contributed by atoms with Crippen molar-refractivity contribution in [3.63, 3.8) is 0 Å². The molecule has 0 amide bonds. The molecule has 3 aromatic rings. The summed E-state index contributed by atoms with van der Waals surface area (Å²) >= 11 is 0. The van der Waals surface area contributed by atoms with Crippen LogP contribution in [0.3, 0.4) is 0 Å². The first-order valence-electron chi connectivity index (χ1n) is 7.83. The Morgan fingerprint density at radius 3 is 1.70 bits per heavy atom. The molecule has 0 fully saturated rings. The van der Waals surface area contributed by atoms with Gasteiger partial charge in [-0.3, -0.25) is 0 Å². The molecule has 0 aromatic heterocycles. The standard InChI is InChI=1S/C21H16N2/c22-15-18-9-3-6-12-21(18)23-19-10-4-1-7-16(19)13-14-17-8-2-5-11-20(17)23/h1-12H,13-14H2. The van der Waals surface area contributed by atoms with Crippen molar-refractivity contribution in [3.8, 4) is 6.07 Å². The van der Waals surface area contributed by atoms with Gasteiger partial charge in [0.25, 0.3) is 0 Å². The SMILES string of the molecule is N#Cc1ccccc1N1c2ccccc2CCc2ccccc21. The molecule has 1 aliphatic heterocycles. The molecule has 2 heteroatoms. The highest BCUT2D eigenvalue weighted by Crippen LogP contribution is 2.42. The number of aryl methyl sites for hydroxylation is 2. The summed E-state index contributed by atoms with van der Waals surface area (Å²) in [6, 6.07) is 27.1. The van der Waals surface area contributed by atoms with Crippen molar-refractivity contribution >= 4 is 17.1 Å². The number of anilines is 3. The molecule has 0 bridgehead atoms. The Hall–Kier alpha value is -3.05. The Bertz CT molecular complexity index is 858. The zero-order chi connectivity index (χ0) is 15.6. The molecule has 0 unspecified atom stereocenters. The lowest BCUT2D eigenvalue weighted by molar-refractivity contribution is 0.977. The van der Waals surface area contributed by atoms with Crippen LogP contribution in [0.1, 0.15) is 16.7 Å². The second-order valence-corrected chi connectivity index (χ2v) is 5.72. The third kappa shape index (κ3) is 2.27. The van der Waals surface area contributed by atoms with Crippen molar-refractivity contribution in [2.24, 2.45) is 0 Å². The predicted molar refractivity (Wildman–Crippen MR) is 93.2 cm³/mol. The molecule has 0 atom stereocenters. The van der Waals surface area contributed by atoms with Gasteiger partial charge in [-0.15, -0.1) is 0 Å². The zero-order valence-corrected chi connectivity index (χ0v) is 12.7. The molecule has 23 heavy (non-hydrogen) atoms. The Morgan fingerprint density at radius 2 is 1.13 bits per heavy atom. The number of hydrogen-bond donors (Lipinski definition) is 0. The lowest BCUT2D eigenvalue weighted by atomic mass is 10.0. The van der Waals surface area contributed by atoms with Crippen molar-refractivity contribution < 1.29 is 0 Å². The van der Waals surface area contributed by atoms with Gasteiger partial charge >= 0.3 is 0 Å². The molecule has 0 saturated carbocycles. The maximum atomic E-state index is 9.54. The molecular weight excluding hydrogens is 280 g/mol. The summed E-state index contributed by atoms with van der Waals surface area (Å²) in [6.45, 7) is 0. The van der Waals surface area contributed by atoms with Gasteiger partial charge in [-0.25, -0.2) is 0 Å². The molecule has 3 aromatic carbocycles. The van der Waals surface area contributed by atoms with Crippen molar-refractivity contribution in [3.05, 3.63) is 89.5 Å². The van der Waals surface area contributed by atoms with Crippen molar-refractivity contribution in [1.29, 1.82) is 5.26 Å². The normalized spacial score (nSPS) is 12.7. The molecule has 1 heterocycles. The Balaban J connectivity index is 2.03. The molecule has 4 rings (SSSR count). The van der Waals surface area contributed by atoms with Crippen LogP contribution in [0.25, 0.3) is 0 Å². The van der Waals surface area contributed by atoms with Gasteiger partial charge in [0, 0.05) is 11.4 Å². The topological polar surface area (TPSA) is 27.0 Å². The van der Waals surface area contributed by atoms with Crippen LogP contribution in [0.2, 0.25) is 0 Å². The van der Waals surface area contributed by atoms with Crippen molar-refractivity contribution in [1.82, 2.24) is 0 Å². The van der Waals surface area contributed by atoms with Gasteiger partial charge in [-0.05, 0) is 48.2 Å². The van der Waals surface area contributed by atoms with E-state index in [1.54, 1.807) is 0 Å². The highest BCUT2D eigenvalue weighted by atomic mass is 15.2. The van der Waals surface area contributed by atoms with E-state index in [9.17, 15) is 5.26 Å². The number of para-hydroxylation sites is 3. The molecule has 0 spiro atoms. The highest BCUT2D eigenvalue weighted by Gasteiger charge is 2.23. The summed E-state index contributed by atoms with van der Waals surface area (Å²) in [4.78, 5) is 2.23. The van der Waals surface area contributed by atoms with Crippen LogP contribution < -0.4 is 4.90 Å². The third-order valence-electron chi connectivity index (χ3n) is 4.39. The van der Waals surface area contributed by atoms with Gasteiger partial charge in [-0.1, -0.05) is 48.5 Å². The molecular formula is C21H16N2. The average Bonchev–Trinajstić information content (AvgIpc) is 2.78. The Labute approximate surface area is 136 Å². The summed E-state index contributed by atoms with van der Waals surface area (Å²) in [6.07, 6.45) is 2.02. The number of fused-ring (bicyclic) bond motifs is 2. The third-order valence-corrected chi connectivity index (χ3v) is 4.39. The first kappa shape index (κ1) is 13.6. The van der Waals surface area contributed by atoms with Crippen LogP contribution in [-0.2, 0) is 12.8 Å². The van der Waals surface area contributed by atoms with E-state index in [1.807, 2.05) is 24.3 Å². The molecule has 1 aliphatic rings.